The SMILES string of the molecule is CSc1nc(Cl)cc(NCC(=O)N(C)C)n1. The molecule has 5 nitrogen and oxygen atoms in total. The van der Waals surface area contributed by atoms with E-state index in [-0.39, 0.29) is 12.5 Å². The Morgan fingerprint density at radius 1 is 1.56 bits per heavy atom. The summed E-state index contributed by atoms with van der Waals surface area (Å²) < 4.78 is 0. The maximum Gasteiger partial charge on any atom is 0.241 e. The second kappa shape index (κ2) is 5.91. The third kappa shape index (κ3) is 3.86. The third-order valence-electron chi connectivity index (χ3n) is 1.78. The van der Waals surface area contributed by atoms with Crippen LogP contribution in [0.25, 0.3) is 0 Å². The lowest BCUT2D eigenvalue weighted by molar-refractivity contribution is -0.126. The van der Waals surface area contributed by atoms with Crippen molar-refractivity contribution in [3.05, 3.63) is 11.2 Å². The number of amides is 1. The lowest BCUT2D eigenvalue weighted by Crippen LogP contribution is -2.28. The van der Waals surface area contributed by atoms with Crippen LogP contribution < -0.4 is 5.32 Å². The molecule has 0 aliphatic heterocycles. The minimum absolute atomic E-state index is 0.0274. The van der Waals surface area contributed by atoms with Crippen molar-refractivity contribution in [3.8, 4) is 0 Å². The molecular formula is C9H13ClN4OS. The number of carbonyl (C=O) groups is 1. The molecule has 88 valence electrons. The minimum Gasteiger partial charge on any atom is -0.361 e. The van der Waals surface area contributed by atoms with Crippen LogP contribution in [0, 0.1) is 0 Å². The highest BCUT2D eigenvalue weighted by molar-refractivity contribution is 7.98. The van der Waals surface area contributed by atoms with Gasteiger partial charge in [-0.25, -0.2) is 9.97 Å². The topological polar surface area (TPSA) is 58.1 Å². The summed E-state index contributed by atoms with van der Waals surface area (Å²) in [4.78, 5) is 21.0. The summed E-state index contributed by atoms with van der Waals surface area (Å²) in [6, 6.07) is 1.59. The average Bonchev–Trinajstić information content (AvgIpc) is 2.24. The van der Waals surface area contributed by atoms with Gasteiger partial charge in [-0.1, -0.05) is 23.4 Å². The van der Waals surface area contributed by atoms with Crippen LogP contribution in [0.1, 0.15) is 0 Å². The number of hydrogen-bond donors (Lipinski definition) is 1. The van der Waals surface area contributed by atoms with Gasteiger partial charge in [0.05, 0.1) is 6.54 Å². The summed E-state index contributed by atoms with van der Waals surface area (Å²) >= 11 is 7.20. The van der Waals surface area contributed by atoms with Gasteiger partial charge in [0.2, 0.25) is 5.91 Å². The molecule has 0 unspecified atom stereocenters. The van der Waals surface area contributed by atoms with Crippen LogP contribution in [0.5, 0.6) is 0 Å². The second-order valence-electron chi connectivity index (χ2n) is 3.20. The van der Waals surface area contributed by atoms with Crippen LogP contribution in [0.4, 0.5) is 5.82 Å². The van der Waals surface area contributed by atoms with Crippen molar-refractivity contribution < 1.29 is 4.79 Å². The van der Waals surface area contributed by atoms with E-state index in [1.165, 1.54) is 16.7 Å². The molecule has 0 aliphatic rings. The standard InChI is InChI=1S/C9H13ClN4OS/c1-14(2)8(15)5-11-7-4-6(10)12-9(13-7)16-3/h4H,5H2,1-3H3,(H,11,12,13). The molecule has 7 heteroatoms. The van der Waals surface area contributed by atoms with Crippen LogP contribution in [0.15, 0.2) is 11.2 Å². The first-order valence-electron chi connectivity index (χ1n) is 4.55. The molecule has 1 N–H and O–H groups in total. The maximum atomic E-state index is 11.3. The molecule has 1 aromatic rings. The van der Waals surface area contributed by atoms with Gasteiger partial charge in [0.1, 0.15) is 11.0 Å². The molecule has 0 saturated carbocycles. The van der Waals surface area contributed by atoms with Crippen LogP contribution >= 0.6 is 23.4 Å². The van der Waals surface area contributed by atoms with Crippen molar-refractivity contribution in [1.29, 1.82) is 0 Å². The molecule has 0 fully saturated rings. The normalized spacial score (nSPS) is 10.0. The molecule has 1 amide bonds. The fraction of sp³-hybridized carbons (Fsp3) is 0.444. The van der Waals surface area contributed by atoms with Crippen LogP contribution in [0.2, 0.25) is 5.15 Å². The van der Waals surface area contributed by atoms with Gasteiger partial charge in [-0.2, -0.15) is 0 Å². The summed E-state index contributed by atoms with van der Waals surface area (Å²) in [6.07, 6.45) is 1.86. The summed E-state index contributed by atoms with van der Waals surface area (Å²) in [5.74, 6) is 0.528. The summed E-state index contributed by atoms with van der Waals surface area (Å²) in [5.41, 5.74) is 0. The first kappa shape index (κ1) is 13.1. The Kier molecular flexibility index (Phi) is 4.82. The van der Waals surface area contributed by atoms with Crippen molar-refractivity contribution in [1.82, 2.24) is 14.9 Å². The fourth-order valence-corrected chi connectivity index (χ4v) is 1.52. The number of nitrogens with one attached hydrogen (secondary N) is 1. The van der Waals surface area contributed by atoms with Gasteiger partial charge in [-0.3, -0.25) is 4.79 Å². The smallest absolute Gasteiger partial charge is 0.241 e. The van der Waals surface area contributed by atoms with Gasteiger partial charge < -0.3 is 10.2 Å². The zero-order chi connectivity index (χ0) is 12.1. The van der Waals surface area contributed by atoms with Crippen molar-refractivity contribution in [2.45, 2.75) is 5.16 Å². The molecule has 1 aromatic heterocycles. The first-order valence-corrected chi connectivity index (χ1v) is 6.16. The highest BCUT2D eigenvalue weighted by atomic mass is 35.5. The third-order valence-corrected chi connectivity index (χ3v) is 2.52. The minimum atomic E-state index is -0.0274. The summed E-state index contributed by atoms with van der Waals surface area (Å²) in [6.45, 7) is 0.189. The number of carbonyl (C=O) groups excluding carboxylic acids is 1. The Bertz CT molecular complexity index is 386. The molecule has 0 radical (unpaired) electrons. The van der Waals surface area contributed by atoms with Crippen molar-refractivity contribution in [2.24, 2.45) is 0 Å². The van der Waals surface area contributed by atoms with Gasteiger partial charge in [0, 0.05) is 20.2 Å². The van der Waals surface area contributed by atoms with E-state index < -0.39 is 0 Å². The zero-order valence-electron chi connectivity index (χ0n) is 9.32. The Labute approximate surface area is 104 Å². The average molecular weight is 261 g/mol. The Morgan fingerprint density at radius 2 is 2.25 bits per heavy atom. The summed E-state index contributed by atoms with van der Waals surface area (Å²) in [7, 11) is 3.40. The molecule has 0 spiro atoms. The quantitative estimate of drug-likeness (QED) is 0.503. The molecule has 0 aliphatic carbocycles. The molecular weight excluding hydrogens is 248 g/mol. The molecule has 0 saturated heterocycles. The summed E-state index contributed by atoms with van der Waals surface area (Å²) in [5, 5.41) is 3.84. The van der Waals surface area contributed by atoms with Crippen LogP contribution in [-0.2, 0) is 4.79 Å². The molecule has 16 heavy (non-hydrogen) atoms. The van der Waals surface area contributed by atoms with Gasteiger partial charge >= 0.3 is 0 Å². The fourth-order valence-electron chi connectivity index (χ4n) is 0.903. The number of thioether (sulfide) groups is 1. The van der Waals surface area contributed by atoms with E-state index in [0.29, 0.717) is 16.1 Å². The van der Waals surface area contributed by atoms with Gasteiger partial charge in [0.15, 0.2) is 5.16 Å². The Balaban J connectivity index is 2.67. The Hall–Kier alpha value is -1.01. The van der Waals surface area contributed by atoms with Crippen molar-refractivity contribution in [2.75, 3.05) is 32.2 Å². The lowest BCUT2D eigenvalue weighted by atomic mass is 10.5. The highest BCUT2D eigenvalue weighted by Gasteiger charge is 2.06. The molecule has 0 atom stereocenters. The van der Waals surface area contributed by atoms with Gasteiger partial charge in [-0.05, 0) is 6.26 Å². The van der Waals surface area contributed by atoms with Crippen molar-refractivity contribution >= 4 is 35.1 Å². The molecule has 1 rings (SSSR count). The molecule has 1 heterocycles. The number of hydrogen-bond acceptors (Lipinski definition) is 5. The van der Waals surface area contributed by atoms with E-state index in [1.807, 2.05) is 6.26 Å². The number of likely N-dealkylation sites (N-methyl/N-ethyl adjacent to an activating group) is 1. The van der Waals surface area contributed by atoms with Crippen LogP contribution in [-0.4, -0.2) is 47.7 Å². The van der Waals surface area contributed by atoms with Gasteiger partial charge in [-0.15, -0.1) is 0 Å². The number of aromatic nitrogens is 2. The van der Waals surface area contributed by atoms with Gasteiger partial charge in [0.25, 0.3) is 0 Å². The van der Waals surface area contributed by atoms with E-state index >= 15 is 0 Å². The van der Waals surface area contributed by atoms with Crippen molar-refractivity contribution in [3.63, 3.8) is 0 Å². The number of anilines is 1. The number of halogens is 1. The highest BCUT2D eigenvalue weighted by Crippen LogP contribution is 2.16. The van der Waals surface area contributed by atoms with Crippen LogP contribution in [0.3, 0.4) is 0 Å². The van der Waals surface area contributed by atoms with E-state index in [9.17, 15) is 4.79 Å². The predicted octanol–water partition coefficient (Wildman–Crippen LogP) is 1.35. The predicted molar refractivity (Wildman–Crippen MR) is 66.0 cm³/mol. The van der Waals surface area contributed by atoms with E-state index in [0.717, 1.165) is 0 Å². The monoisotopic (exact) mass is 260 g/mol. The number of rotatable bonds is 4. The largest absolute Gasteiger partial charge is 0.361 e. The van der Waals surface area contributed by atoms with E-state index in [1.54, 1.807) is 20.2 Å². The Morgan fingerprint density at radius 3 is 2.81 bits per heavy atom. The number of nitrogens with zero attached hydrogens (tertiary/aromatic N) is 3. The molecule has 0 bridgehead atoms. The first-order chi connectivity index (χ1) is 7.52. The zero-order valence-corrected chi connectivity index (χ0v) is 10.9. The lowest BCUT2D eigenvalue weighted by Gasteiger charge is -2.11. The second-order valence-corrected chi connectivity index (χ2v) is 4.36. The van der Waals surface area contributed by atoms with E-state index in [2.05, 4.69) is 15.3 Å². The maximum absolute atomic E-state index is 11.3. The van der Waals surface area contributed by atoms with E-state index in [4.69, 9.17) is 11.6 Å². The molecule has 0 aromatic carbocycles.